The first-order chi connectivity index (χ1) is 13.1. The van der Waals surface area contributed by atoms with Crippen molar-refractivity contribution >= 4 is 0 Å². The molecule has 0 unspecified atom stereocenters. The third kappa shape index (κ3) is 3.88. The van der Waals surface area contributed by atoms with E-state index in [2.05, 4.69) is 46.5 Å². The Bertz CT molecular complexity index is 965. The van der Waals surface area contributed by atoms with Crippen LogP contribution in [0.15, 0.2) is 59.7 Å². The number of aromatic nitrogens is 3. The van der Waals surface area contributed by atoms with Gasteiger partial charge in [-0.05, 0) is 43.5 Å². The Hall–Kier alpha value is -2.66. The maximum atomic E-state index is 11.9. The van der Waals surface area contributed by atoms with Gasteiger partial charge in [-0.3, -0.25) is 14.4 Å². The average Bonchev–Trinajstić information content (AvgIpc) is 3.05. The molecule has 5 nitrogen and oxygen atoms in total. The van der Waals surface area contributed by atoms with Crippen molar-refractivity contribution in [2.75, 3.05) is 13.1 Å². The lowest BCUT2D eigenvalue weighted by Crippen LogP contribution is -2.33. The summed E-state index contributed by atoms with van der Waals surface area (Å²) in [5, 5.41) is 4.68. The summed E-state index contributed by atoms with van der Waals surface area (Å²) in [5.74, 6) is 0.484. The fourth-order valence-electron chi connectivity index (χ4n) is 3.98. The van der Waals surface area contributed by atoms with Crippen LogP contribution < -0.4 is 5.56 Å². The number of hydrogen-bond donors (Lipinski definition) is 0. The number of likely N-dealkylation sites (tertiary alicyclic amines) is 1. The van der Waals surface area contributed by atoms with Gasteiger partial charge in [-0.1, -0.05) is 30.3 Å². The maximum Gasteiger partial charge on any atom is 0.250 e. The molecule has 5 heteroatoms. The van der Waals surface area contributed by atoms with Crippen molar-refractivity contribution in [2.24, 2.45) is 14.1 Å². The molecular weight excluding hydrogens is 336 g/mol. The standard InChI is InChI=1S/C22H26N4O/c1-24-11-8-19(14-21(24)27)17-9-12-26(13-10-17)16-20-15-25(2)23-22(20)18-6-4-3-5-7-18/h3-8,11,14-15,17H,9-10,12-13,16H2,1-2H3. The minimum absolute atomic E-state index is 0.0813. The smallest absolute Gasteiger partial charge is 0.250 e. The molecule has 3 heterocycles. The first kappa shape index (κ1) is 17.7. The topological polar surface area (TPSA) is 43.1 Å². The lowest BCUT2D eigenvalue weighted by molar-refractivity contribution is 0.205. The monoisotopic (exact) mass is 362 g/mol. The summed E-state index contributed by atoms with van der Waals surface area (Å²) in [7, 11) is 3.78. The van der Waals surface area contributed by atoms with E-state index < -0.39 is 0 Å². The molecule has 1 fully saturated rings. The quantitative estimate of drug-likeness (QED) is 0.716. The van der Waals surface area contributed by atoms with Crippen molar-refractivity contribution in [3.63, 3.8) is 0 Å². The zero-order chi connectivity index (χ0) is 18.8. The molecular formula is C22H26N4O. The maximum absolute atomic E-state index is 11.9. The van der Waals surface area contributed by atoms with Crippen LogP contribution in [0.3, 0.4) is 0 Å². The highest BCUT2D eigenvalue weighted by Crippen LogP contribution is 2.29. The average molecular weight is 362 g/mol. The van der Waals surface area contributed by atoms with E-state index >= 15 is 0 Å². The van der Waals surface area contributed by atoms with E-state index in [9.17, 15) is 4.79 Å². The Morgan fingerprint density at radius 1 is 1.07 bits per heavy atom. The van der Waals surface area contributed by atoms with Crippen molar-refractivity contribution in [3.8, 4) is 11.3 Å². The molecule has 2 aromatic heterocycles. The molecule has 1 aliphatic heterocycles. The summed E-state index contributed by atoms with van der Waals surface area (Å²) in [4.78, 5) is 14.4. The number of nitrogens with zero attached hydrogens (tertiary/aromatic N) is 4. The SMILES string of the molecule is Cn1cc(CN2CCC(c3ccn(C)c(=O)c3)CC2)c(-c2ccccc2)n1. The van der Waals surface area contributed by atoms with Crippen LogP contribution in [0.1, 0.15) is 29.9 Å². The van der Waals surface area contributed by atoms with Crippen molar-refractivity contribution < 1.29 is 0 Å². The Balaban J connectivity index is 1.44. The predicted molar refractivity (Wildman–Crippen MR) is 108 cm³/mol. The summed E-state index contributed by atoms with van der Waals surface area (Å²) < 4.78 is 3.54. The van der Waals surface area contributed by atoms with Gasteiger partial charge in [0.25, 0.3) is 5.56 Å². The number of hydrogen-bond acceptors (Lipinski definition) is 3. The second-order valence-electron chi connectivity index (χ2n) is 7.50. The van der Waals surface area contributed by atoms with Gasteiger partial charge in [0.2, 0.25) is 0 Å². The van der Waals surface area contributed by atoms with Gasteiger partial charge in [0.15, 0.2) is 0 Å². The normalized spacial score (nSPS) is 15.9. The zero-order valence-corrected chi connectivity index (χ0v) is 16.0. The second kappa shape index (κ2) is 7.53. The molecule has 1 saturated heterocycles. The number of aryl methyl sites for hydroxylation is 2. The molecule has 1 aromatic carbocycles. The van der Waals surface area contributed by atoms with E-state index in [1.807, 2.05) is 24.0 Å². The zero-order valence-electron chi connectivity index (χ0n) is 16.0. The molecule has 4 rings (SSSR count). The molecule has 0 bridgehead atoms. The number of piperidine rings is 1. The Morgan fingerprint density at radius 2 is 1.81 bits per heavy atom. The fourth-order valence-corrected chi connectivity index (χ4v) is 3.98. The molecule has 0 N–H and O–H groups in total. The largest absolute Gasteiger partial charge is 0.319 e. The van der Waals surface area contributed by atoms with Gasteiger partial charge in [-0.15, -0.1) is 0 Å². The lowest BCUT2D eigenvalue weighted by atomic mass is 9.90. The van der Waals surface area contributed by atoms with Crippen LogP contribution in [0.4, 0.5) is 0 Å². The molecule has 0 saturated carbocycles. The Morgan fingerprint density at radius 3 is 2.52 bits per heavy atom. The molecule has 0 amide bonds. The van der Waals surface area contributed by atoms with Gasteiger partial charge in [-0.25, -0.2) is 0 Å². The Labute approximate surface area is 159 Å². The van der Waals surface area contributed by atoms with Gasteiger partial charge in [0.1, 0.15) is 0 Å². The highest BCUT2D eigenvalue weighted by Gasteiger charge is 2.22. The van der Waals surface area contributed by atoms with Crippen LogP contribution in [0.5, 0.6) is 0 Å². The van der Waals surface area contributed by atoms with Crippen LogP contribution in [0, 0.1) is 0 Å². The van der Waals surface area contributed by atoms with Crippen molar-refractivity contribution in [3.05, 3.63) is 76.3 Å². The van der Waals surface area contributed by atoms with E-state index in [1.165, 1.54) is 16.7 Å². The fraction of sp³-hybridized carbons (Fsp3) is 0.364. The van der Waals surface area contributed by atoms with Crippen molar-refractivity contribution in [1.82, 2.24) is 19.2 Å². The number of benzene rings is 1. The summed E-state index contributed by atoms with van der Waals surface area (Å²) in [5.41, 5.74) is 4.78. The van der Waals surface area contributed by atoms with E-state index in [1.54, 1.807) is 17.7 Å². The molecule has 1 aliphatic rings. The van der Waals surface area contributed by atoms with E-state index in [4.69, 9.17) is 0 Å². The van der Waals surface area contributed by atoms with Gasteiger partial charge in [0, 0.05) is 50.2 Å². The first-order valence-corrected chi connectivity index (χ1v) is 9.57. The second-order valence-corrected chi connectivity index (χ2v) is 7.50. The van der Waals surface area contributed by atoms with Gasteiger partial charge < -0.3 is 4.57 Å². The summed E-state index contributed by atoms with van der Waals surface area (Å²) in [6.45, 7) is 3.01. The highest BCUT2D eigenvalue weighted by atomic mass is 16.1. The third-order valence-corrected chi connectivity index (χ3v) is 5.53. The summed E-state index contributed by atoms with van der Waals surface area (Å²) in [6, 6.07) is 14.3. The minimum atomic E-state index is 0.0813. The summed E-state index contributed by atoms with van der Waals surface area (Å²) in [6.07, 6.45) is 6.20. The van der Waals surface area contributed by atoms with Crippen molar-refractivity contribution in [2.45, 2.75) is 25.3 Å². The van der Waals surface area contributed by atoms with Crippen LogP contribution >= 0.6 is 0 Å². The van der Waals surface area contributed by atoms with Gasteiger partial charge >= 0.3 is 0 Å². The van der Waals surface area contributed by atoms with Crippen molar-refractivity contribution in [1.29, 1.82) is 0 Å². The van der Waals surface area contributed by atoms with Gasteiger partial charge in [0.05, 0.1) is 5.69 Å². The van der Waals surface area contributed by atoms with E-state index in [0.29, 0.717) is 5.92 Å². The number of rotatable bonds is 4. The molecule has 0 spiro atoms. The Kier molecular flexibility index (Phi) is 4.94. The van der Waals surface area contributed by atoms with E-state index in [-0.39, 0.29) is 5.56 Å². The highest BCUT2D eigenvalue weighted by molar-refractivity contribution is 5.62. The van der Waals surface area contributed by atoms with Crippen LogP contribution in [0.25, 0.3) is 11.3 Å². The van der Waals surface area contributed by atoms with Crippen LogP contribution in [0.2, 0.25) is 0 Å². The molecule has 0 radical (unpaired) electrons. The lowest BCUT2D eigenvalue weighted by Gasteiger charge is -2.32. The molecule has 140 valence electrons. The predicted octanol–water partition coefficient (Wildman–Crippen LogP) is 3.17. The van der Waals surface area contributed by atoms with Gasteiger partial charge in [-0.2, -0.15) is 5.10 Å². The van der Waals surface area contributed by atoms with E-state index in [0.717, 1.165) is 38.2 Å². The first-order valence-electron chi connectivity index (χ1n) is 9.57. The molecule has 27 heavy (non-hydrogen) atoms. The molecule has 0 aliphatic carbocycles. The molecule has 3 aromatic rings. The third-order valence-electron chi connectivity index (χ3n) is 5.53. The number of pyridine rings is 1. The minimum Gasteiger partial charge on any atom is -0.319 e. The summed E-state index contributed by atoms with van der Waals surface area (Å²) >= 11 is 0. The van der Waals surface area contributed by atoms with Crippen LogP contribution in [-0.2, 0) is 20.6 Å². The molecule has 0 atom stereocenters. The van der Waals surface area contributed by atoms with Crippen LogP contribution in [-0.4, -0.2) is 32.3 Å².